The highest BCUT2D eigenvalue weighted by Gasteiger charge is 2.34. The second-order valence-electron chi connectivity index (χ2n) is 4.62. The van der Waals surface area contributed by atoms with Crippen molar-refractivity contribution < 1.29 is 13.2 Å². The molecule has 1 atom stereocenters. The number of anilines is 1. The molecule has 1 amide bonds. The zero-order chi connectivity index (χ0) is 13.9. The predicted molar refractivity (Wildman–Crippen MR) is 72.1 cm³/mol. The average Bonchev–Trinajstić information content (AvgIpc) is 2.39. The third kappa shape index (κ3) is 3.51. The van der Waals surface area contributed by atoms with Gasteiger partial charge in [-0.05, 0) is 25.0 Å². The van der Waals surface area contributed by atoms with Crippen LogP contribution in [0.4, 0.5) is 5.69 Å². The third-order valence-corrected chi connectivity index (χ3v) is 4.40. The van der Waals surface area contributed by atoms with Crippen LogP contribution in [0, 0.1) is 0 Å². The number of carbonyl (C=O) groups excluding carboxylic acids is 1. The van der Waals surface area contributed by atoms with Gasteiger partial charge in [0.05, 0.1) is 18.1 Å². The first-order valence-corrected chi connectivity index (χ1v) is 8.01. The van der Waals surface area contributed by atoms with Crippen LogP contribution in [0.1, 0.15) is 19.3 Å². The topological polar surface area (TPSA) is 79.4 Å². The summed E-state index contributed by atoms with van der Waals surface area (Å²) < 4.78 is 24.7. The van der Waals surface area contributed by atoms with Gasteiger partial charge in [0, 0.05) is 12.7 Å². The van der Waals surface area contributed by atoms with Crippen LogP contribution < -0.4 is 5.32 Å². The average molecular weight is 283 g/mol. The van der Waals surface area contributed by atoms with E-state index in [4.69, 9.17) is 0 Å². The van der Waals surface area contributed by atoms with E-state index in [-0.39, 0.29) is 5.91 Å². The van der Waals surface area contributed by atoms with Crippen LogP contribution in [-0.2, 0) is 14.8 Å². The van der Waals surface area contributed by atoms with Gasteiger partial charge in [-0.3, -0.25) is 9.78 Å². The summed E-state index contributed by atoms with van der Waals surface area (Å²) in [4.78, 5) is 16.1. The van der Waals surface area contributed by atoms with E-state index < -0.39 is 16.1 Å². The summed E-state index contributed by atoms with van der Waals surface area (Å²) in [6, 6.07) is 2.81. The Morgan fingerprint density at radius 1 is 1.47 bits per heavy atom. The lowest BCUT2D eigenvalue weighted by Crippen LogP contribution is -2.49. The summed E-state index contributed by atoms with van der Waals surface area (Å²) in [5.41, 5.74) is 0.575. The highest BCUT2D eigenvalue weighted by molar-refractivity contribution is 7.88. The maximum absolute atomic E-state index is 12.2. The number of aromatic nitrogens is 1. The van der Waals surface area contributed by atoms with E-state index in [0.717, 1.165) is 19.1 Å². The fourth-order valence-corrected chi connectivity index (χ4v) is 3.35. The van der Waals surface area contributed by atoms with Gasteiger partial charge in [-0.2, -0.15) is 4.31 Å². The molecule has 1 aliphatic heterocycles. The molecule has 0 bridgehead atoms. The van der Waals surface area contributed by atoms with Crippen LogP contribution in [0.2, 0.25) is 0 Å². The Balaban J connectivity index is 2.12. The number of pyridine rings is 1. The number of piperidine rings is 1. The van der Waals surface area contributed by atoms with Gasteiger partial charge < -0.3 is 5.32 Å². The van der Waals surface area contributed by atoms with Gasteiger partial charge in [0.2, 0.25) is 15.9 Å². The molecule has 104 valence electrons. The number of carbonyl (C=O) groups is 1. The molecule has 6 nitrogen and oxygen atoms in total. The van der Waals surface area contributed by atoms with Crippen molar-refractivity contribution >= 4 is 21.6 Å². The molecular weight excluding hydrogens is 266 g/mol. The Kier molecular flexibility index (Phi) is 4.16. The van der Waals surface area contributed by atoms with E-state index in [1.165, 1.54) is 10.5 Å². The van der Waals surface area contributed by atoms with Gasteiger partial charge in [0.1, 0.15) is 6.04 Å². The van der Waals surface area contributed by atoms with E-state index in [1.807, 2.05) is 0 Å². The highest BCUT2D eigenvalue weighted by Crippen LogP contribution is 2.21. The van der Waals surface area contributed by atoms with Gasteiger partial charge in [0.25, 0.3) is 0 Å². The zero-order valence-electron chi connectivity index (χ0n) is 10.7. The lowest BCUT2D eigenvalue weighted by molar-refractivity contribution is -0.120. The minimum atomic E-state index is -3.36. The van der Waals surface area contributed by atoms with Crippen molar-refractivity contribution in [2.24, 2.45) is 0 Å². The molecule has 0 spiro atoms. The fourth-order valence-electron chi connectivity index (χ4n) is 2.23. The van der Waals surface area contributed by atoms with Crippen LogP contribution in [-0.4, -0.2) is 42.5 Å². The lowest BCUT2D eigenvalue weighted by Gasteiger charge is -2.32. The van der Waals surface area contributed by atoms with E-state index in [0.29, 0.717) is 18.7 Å². The Morgan fingerprint density at radius 3 is 2.89 bits per heavy atom. The zero-order valence-corrected chi connectivity index (χ0v) is 11.6. The summed E-state index contributed by atoms with van der Waals surface area (Å²) >= 11 is 0. The van der Waals surface area contributed by atoms with Crippen LogP contribution in [0.3, 0.4) is 0 Å². The first-order valence-electron chi connectivity index (χ1n) is 6.16. The van der Waals surface area contributed by atoms with Crippen molar-refractivity contribution in [3.05, 3.63) is 24.5 Å². The molecule has 1 aromatic rings. The molecule has 1 aromatic heterocycles. The Bertz CT molecular complexity index is 545. The molecule has 1 fully saturated rings. The summed E-state index contributed by atoms with van der Waals surface area (Å²) in [6.45, 7) is 0.407. The van der Waals surface area contributed by atoms with Crippen LogP contribution in [0.25, 0.3) is 0 Å². The van der Waals surface area contributed by atoms with Gasteiger partial charge >= 0.3 is 0 Å². The van der Waals surface area contributed by atoms with Crippen molar-refractivity contribution in [3.8, 4) is 0 Å². The van der Waals surface area contributed by atoms with Gasteiger partial charge in [-0.15, -0.1) is 0 Å². The van der Waals surface area contributed by atoms with Crippen molar-refractivity contribution in [1.29, 1.82) is 0 Å². The number of sulfonamides is 1. The molecule has 0 radical (unpaired) electrons. The minimum Gasteiger partial charge on any atom is -0.323 e. The predicted octanol–water partition coefficient (Wildman–Crippen LogP) is 0.834. The first-order chi connectivity index (χ1) is 8.98. The largest absolute Gasteiger partial charge is 0.323 e. The normalized spacial score (nSPS) is 21.0. The Labute approximate surface area is 112 Å². The molecule has 19 heavy (non-hydrogen) atoms. The van der Waals surface area contributed by atoms with E-state index in [1.54, 1.807) is 18.3 Å². The summed E-state index contributed by atoms with van der Waals surface area (Å²) in [7, 11) is -3.36. The molecule has 2 rings (SSSR count). The molecule has 2 heterocycles. The standard InChI is InChI=1S/C12H17N3O3S/c1-19(17,18)15-8-3-2-6-11(15)12(16)14-10-5-4-7-13-9-10/h4-5,7,9,11H,2-3,6,8H2,1H3,(H,14,16)/t11-/m0/s1. The maximum atomic E-state index is 12.2. The molecule has 7 heteroatoms. The second-order valence-corrected chi connectivity index (χ2v) is 6.55. The molecule has 1 saturated heterocycles. The number of nitrogens with zero attached hydrogens (tertiary/aromatic N) is 2. The summed E-state index contributed by atoms with van der Waals surface area (Å²) in [5, 5.41) is 2.71. The lowest BCUT2D eigenvalue weighted by atomic mass is 10.0. The van der Waals surface area contributed by atoms with Crippen molar-refractivity contribution in [1.82, 2.24) is 9.29 Å². The number of amides is 1. The molecule has 1 aliphatic rings. The molecule has 0 saturated carbocycles. The van der Waals surface area contributed by atoms with Crippen LogP contribution in [0.5, 0.6) is 0 Å². The van der Waals surface area contributed by atoms with Crippen LogP contribution in [0.15, 0.2) is 24.5 Å². The Hall–Kier alpha value is -1.47. The van der Waals surface area contributed by atoms with E-state index >= 15 is 0 Å². The number of nitrogens with one attached hydrogen (secondary N) is 1. The summed E-state index contributed by atoms with van der Waals surface area (Å²) in [5.74, 6) is -0.293. The van der Waals surface area contributed by atoms with Crippen molar-refractivity contribution in [2.45, 2.75) is 25.3 Å². The van der Waals surface area contributed by atoms with Gasteiger partial charge in [-0.25, -0.2) is 8.42 Å². The SMILES string of the molecule is CS(=O)(=O)N1CCCC[C@H]1C(=O)Nc1cccnc1. The number of hydrogen-bond acceptors (Lipinski definition) is 4. The molecule has 0 unspecified atom stereocenters. The minimum absolute atomic E-state index is 0.293. The fraction of sp³-hybridized carbons (Fsp3) is 0.500. The smallest absolute Gasteiger partial charge is 0.242 e. The first kappa shape index (κ1) is 14.0. The van der Waals surface area contributed by atoms with Crippen LogP contribution >= 0.6 is 0 Å². The van der Waals surface area contributed by atoms with E-state index in [2.05, 4.69) is 10.3 Å². The van der Waals surface area contributed by atoms with Gasteiger partial charge in [-0.1, -0.05) is 6.42 Å². The molecule has 0 aromatic carbocycles. The molecule has 1 N–H and O–H groups in total. The quantitative estimate of drug-likeness (QED) is 0.891. The number of rotatable bonds is 3. The Morgan fingerprint density at radius 2 is 2.26 bits per heavy atom. The third-order valence-electron chi connectivity index (χ3n) is 3.11. The monoisotopic (exact) mass is 283 g/mol. The molecule has 0 aliphatic carbocycles. The maximum Gasteiger partial charge on any atom is 0.242 e. The van der Waals surface area contributed by atoms with Crippen molar-refractivity contribution in [2.75, 3.05) is 18.1 Å². The second kappa shape index (κ2) is 5.66. The number of hydrogen-bond donors (Lipinski definition) is 1. The molecular formula is C12H17N3O3S. The van der Waals surface area contributed by atoms with Crippen molar-refractivity contribution in [3.63, 3.8) is 0 Å². The van der Waals surface area contributed by atoms with Gasteiger partial charge in [0.15, 0.2) is 0 Å². The van der Waals surface area contributed by atoms with E-state index in [9.17, 15) is 13.2 Å². The summed E-state index contributed by atoms with van der Waals surface area (Å²) in [6.07, 6.45) is 6.49. The highest BCUT2D eigenvalue weighted by atomic mass is 32.2.